The van der Waals surface area contributed by atoms with Crippen LogP contribution in [0.25, 0.3) is 0 Å². The molecule has 1 heterocycles. The number of halogens is 1. The number of nitrogens with zero attached hydrogens (tertiary/aromatic N) is 1. The molecule has 24 heavy (non-hydrogen) atoms. The van der Waals surface area contributed by atoms with E-state index in [-0.39, 0.29) is 36.2 Å². The fourth-order valence-electron chi connectivity index (χ4n) is 2.98. The molecule has 4 nitrogen and oxygen atoms in total. The van der Waals surface area contributed by atoms with Gasteiger partial charge >= 0.3 is 0 Å². The summed E-state index contributed by atoms with van der Waals surface area (Å²) < 4.78 is 37.3. The zero-order valence-corrected chi connectivity index (χ0v) is 13.9. The van der Waals surface area contributed by atoms with E-state index in [0.29, 0.717) is 5.56 Å². The third kappa shape index (κ3) is 3.82. The average molecular weight is 347 g/mol. The molecule has 1 atom stereocenters. The molecule has 1 aliphatic heterocycles. The monoisotopic (exact) mass is 347 g/mol. The maximum Gasteiger partial charge on any atom is 0.227 e. The Labute approximate surface area is 140 Å². The molecule has 0 radical (unpaired) electrons. The van der Waals surface area contributed by atoms with Crippen molar-refractivity contribution >= 4 is 15.7 Å². The van der Waals surface area contributed by atoms with Gasteiger partial charge in [0.2, 0.25) is 5.91 Å². The second-order valence-corrected chi connectivity index (χ2v) is 8.16. The van der Waals surface area contributed by atoms with Crippen molar-refractivity contribution in [3.63, 3.8) is 0 Å². The molecule has 1 aliphatic rings. The molecule has 1 saturated heterocycles. The van der Waals surface area contributed by atoms with Crippen molar-refractivity contribution < 1.29 is 17.6 Å². The van der Waals surface area contributed by atoms with Gasteiger partial charge in [-0.1, -0.05) is 42.5 Å². The van der Waals surface area contributed by atoms with Crippen LogP contribution in [0.3, 0.4) is 0 Å². The van der Waals surface area contributed by atoms with Crippen LogP contribution in [0, 0.1) is 5.82 Å². The van der Waals surface area contributed by atoms with Gasteiger partial charge < -0.3 is 4.90 Å². The molecule has 0 N–H and O–H groups in total. The van der Waals surface area contributed by atoms with Crippen molar-refractivity contribution in [2.45, 2.75) is 12.5 Å². The topological polar surface area (TPSA) is 54.5 Å². The fourth-order valence-corrected chi connectivity index (χ4v) is 4.48. The first-order chi connectivity index (χ1) is 11.4. The predicted molar refractivity (Wildman–Crippen MR) is 89.7 cm³/mol. The second kappa shape index (κ2) is 6.73. The maximum atomic E-state index is 13.3. The summed E-state index contributed by atoms with van der Waals surface area (Å²) in [6.45, 7) is 0.163. The SMILES string of the molecule is O=C(Cc1cccc(F)c1)N1CCS(=O)(=O)C[C@@H]1c1ccccc1. The van der Waals surface area contributed by atoms with E-state index in [1.807, 2.05) is 30.3 Å². The van der Waals surface area contributed by atoms with Crippen molar-refractivity contribution in [2.75, 3.05) is 18.1 Å². The van der Waals surface area contributed by atoms with Crippen molar-refractivity contribution in [3.05, 3.63) is 71.5 Å². The molecule has 3 rings (SSSR count). The van der Waals surface area contributed by atoms with Crippen LogP contribution in [0.4, 0.5) is 4.39 Å². The molecule has 0 saturated carbocycles. The highest BCUT2D eigenvalue weighted by Gasteiger charge is 2.34. The summed E-state index contributed by atoms with van der Waals surface area (Å²) in [7, 11) is -3.18. The molecule has 126 valence electrons. The summed E-state index contributed by atoms with van der Waals surface area (Å²) in [5.74, 6) is -0.692. The third-order valence-corrected chi connectivity index (χ3v) is 5.81. The minimum atomic E-state index is -3.18. The number of amides is 1. The largest absolute Gasteiger partial charge is 0.333 e. The second-order valence-electron chi connectivity index (χ2n) is 5.93. The highest BCUT2D eigenvalue weighted by atomic mass is 32.2. The Balaban J connectivity index is 1.85. The molecule has 1 fully saturated rings. The molecule has 1 amide bonds. The van der Waals surface area contributed by atoms with Gasteiger partial charge in [-0.25, -0.2) is 12.8 Å². The standard InChI is InChI=1S/C18H18FNO3S/c19-16-8-4-5-14(11-16)12-18(21)20-9-10-24(22,23)13-17(20)15-6-2-1-3-7-15/h1-8,11,17H,9-10,12-13H2/t17-/m1/s1. The Bertz CT molecular complexity index is 836. The number of rotatable bonds is 3. The Morgan fingerprint density at radius 3 is 2.58 bits per heavy atom. The molecule has 2 aromatic carbocycles. The number of hydrogen-bond donors (Lipinski definition) is 0. The van der Waals surface area contributed by atoms with Crippen LogP contribution in [0.15, 0.2) is 54.6 Å². The predicted octanol–water partition coefficient (Wildman–Crippen LogP) is 2.37. The Morgan fingerprint density at radius 2 is 1.88 bits per heavy atom. The van der Waals surface area contributed by atoms with Crippen molar-refractivity contribution in [1.82, 2.24) is 4.90 Å². The van der Waals surface area contributed by atoms with Gasteiger partial charge in [0, 0.05) is 6.54 Å². The summed E-state index contributed by atoms with van der Waals surface area (Å²) >= 11 is 0. The van der Waals surface area contributed by atoms with Crippen LogP contribution in [0.2, 0.25) is 0 Å². The van der Waals surface area contributed by atoms with Crippen LogP contribution in [-0.4, -0.2) is 37.3 Å². The highest BCUT2D eigenvalue weighted by molar-refractivity contribution is 7.91. The minimum absolute atomic E-state index is 0.0365. The lowest BCUT2D eigenvalue weighted by atomic mass is 10.0. The lowest BCUT2D eigenvalue weighted by Crippen LogP contribution is -2.46. The molecule has 0 unspecified atom stereocenters. The van der Waals surface area contributed by atoms with E-state index >= 15 is 0 Å². The van der Waals surface area contributed by atoms with Gasteiger partial charge in [0.15, 0.2) is 9.84 Å². The average Bonchev–Trinajstić information content (AvgIpc) is 2.55. The third-order valence-electron chi connectivity index (χ3n) is 4.18. The van der Waals surface area contributed by atoms with E-state index in [0.717, 1.165) is 5.56 Å². The first-order valence-corrected chi connectivity index (χ1v) is 9.56. The van der Waals surface area contributed by atoms with Gasteiger partial charge in [0.05, 0.1) is 24.0 Å². The van der Waals surface area contributed by atoms with E-state index in [1.54, 1.807) is 17.0 Å². The van der Waals surface area contributed by atoms with Gasteiger partial charge in [-0.2, -0.15) is 0 Å². The molecule has 2 aromatic rings. The van der Waals surface area contributed by atoms with Crippen LogP contribution in [0.5, 0.6) is 0 Å². The van der Waals surface area contributed by atoms with Crippen LogP contribution < -0.4 is 0 Å². The lowest BCUT2D eigenvalue weighted by Gasteiger charge is -2.36. The quantitative estimate of drug-likeness (QED) is 0.856. The smallest absolute Gasteiger partial charge is 0.227 e. The fraction of sp³-hybridized carbons (Fsp3) is 0.278. The number of sulfone groups is 1. The molecule has 6 heteroatoms. The van der Waals surface area contributed by atoms with Crippen LogP contribution >= 0.6 is 0 Å². The molecular formula is C18H18FNO3S. The number of benzene rings is 2. The maximum absolute atomic E-state index is 13.3. The Kier molecular flexibility index (Phi) is 4.66. The summed E-state index contributed by atoms with van der Waals surface area (Å²) in [5, 5.41) is 0. The van der Waals surface area contributed by atoms with Crippen LogP contribution in [0.1, 0.15) is 17.2 Å². The summed E-state index contributed by atoms with van der Waals surface area (Å²) in [6, 6.07) is 14.6. The zero-order valence-electron chi connectivity index (χ0n) is 13.1. The Hall–Kier alpha value is -2.21. The Morgan fingerprint density at radius 1 is 1.12 bits per heavy atom. The van der Waals surface area contributed by atoms with Crippen molar-refractivity contribution in [1.29, 1.82) is 0 Å². The summed E-state index contributed by atoms with van der Waals surface area (Å²) in [6.07, 6.45) is 0.0567. The van der Waals surface area contributed by atoms with E-state index in [1.165, 1.54) is 12.1 Å². The minimum Gasteiger partial charge on any atom is -0.333 e. The lowest BCUT2D eigenvalue weighted by molar-refractivity contribution is -0.132. The van der Waals surface area contributed by atoms with Gasteiger partial charge in [-0.3, -0.25) is 4.79 Å². The molecule has 0 bridgehead atoms. The van der Waals surface area contributed by atoms with E-state index in [9.17, 15) is 17.6 Å². The first-order valence-electron chi connectivity index (χ1n) is 7.74. The van der Waals surface area contributed by atoms with E-state index in [4.69, 9.17) is 0 Å². The number of carbonyl (C=O) groups excluding carboxylic acids is 1. The van der Waals surface area contributed by atoms with Gasteiger partial charge in [0.1, 0.15) is 5.82 Å². The normalized spacial score (nSPS) is 19.9. The molecular weight excluding hydrogens is 329 g/mol. The molecule has 0 aromatic heterocycles. The first kappa shape index (κ1) is 16.6. The van der Waals surface area contributed by atoms with Gasteiger partial charge in [0.25, 0.3) is 0 Å². The van der Waals surface area contributed by atoms with Crippen LogP contribution in [-0.2, 0) is 21.1 Å². The summed E-state index contributed by atoms with van der Waals surface area (Å²) in [4.78, 5) is 14.3. The zero-order chi connectivity index (χ0) is 17.2. The number of carbonyl (C=O) groups is 1. The summed E-state index contributed by atoms with van der Waals surface area (Å²) in [5.41, 5.74) is 1.38. The van der Waals surface area contributed by atoms with Crippen molar-refractivity contribution in [3.8, 4) is 0 Å². The molecule has 0 spiro atoms. The van der Waals surface area contributed by atoms with Gasteiger partial charge in [-0.05, 0) is 23.3 Å². The highest BCUT2D eigenvalue weighted by Crippen LogP contribution is 2.27. The van der Waals surface area contributed by atoms with E-state index in [2.05, 4.69) is 0 Å². The van der Waals surface area contributed by atoms with Gasteiger partial charge in [-0.15, -0.1) is 0 Å². The van der Waals surface area contributed by atoms with Crippen molar-refractivity contribution in [2.24, 2.45) is 0 Å². The van der Waals surface area contributed by atoms with E-state index < -0.39 is 15.9 Å². The molecule has 0 aliphatic carbocycles. The number of hydrogen-bond acceptors (Lipinski definition) is 3.